The molecule has 1 aliphatic heterocycles. The van der Waals surface area contributed by atoms with Gasteiger partial charge in [-0.1, -0.05) is 0 Å². The quantitative estimate of drug-likeness (QED) is 0.764. The first-order valence-electron chi connectivity index (χ1n) is 7.94. The summed E-state index contributed by atoms with van der Waals surface area (Å²) in [4.78, 5) is 29.7. The van der Waals surface area contributed by atoms with Gasteiger partial charge in [0, 0.05) is 36.5 Å². The Bertz CT molecular complexity index is 849. The molecule has 4 rings (SSSR count). The fourth-order valence-electron chi connectivity index (χ4n) is 3.28. The van der Waals surface area contributed by atoms with Gasteiger partial charge in [0.1, 0.15) is 5.82 Å². The molecule has 0 saturated carbocycles. The molecule has 1 fully saturated rings. The highest BCUT2D eigenvalue weighted by Crippen LogP contribution is 2.26. The van der Waals surface area contributed by atoms with Gasteiger partial charge in [-0.3, -0.25) is 4.79 Å². The van der Waals surface area contributed by atoms with Crippen LogP contribution in [0.4, 0.5) is 0 Å². The predicted molar refractivity (Wildman–Crippen MR) is 87.3 cm³/mol. The van der Waals surface area contributed by atoms with E-state index in [1.54, 1.807) is 6.33 Å². The summed E-state index contributed by atoms with van der Waals surface area (Å²) in [5, 5.41) is 0. The first-order chi connectivity index (χ1) is 11.2. The van der Waals surface area contributed by atoms with Gasteiger partial charge in [-0.25, -0.2) is 9.97 Å². The number of rotatable bonds is 2. The Hall–Kier alpha value is -2.63. The number of hydrogen-bond donors (Lipinski definition) is 2. The number of benzene rings is 1. The molecule has 3 heterocycles. The molecule has 0 bridgehead atoms. The fourth-order valence-corrected chi connectivity index (χ4v) is 3.28. The van der Waals surface area contributed by atoms with Crippen LogP contribution in [0.25, 0.3) is 11.0 Å². The molecule has 23 heavy (non-hydrogen) atoms. The van der Waals surface area contributed by atoms with Crippen LogP contribution in [-0.2, 0) is 0 Å². The fraction of sp³-hybridized carbons (Fsp3) is 0.353. The van der Waals surface area contributed by atoms with Crippen LogP contribution >= 0.6 is 0 Å². The molecule has 1 aromatic carbocycles. The van der Waals surface area contributed by atoms with Gasteiger partial charge in [0.25, 0.3) is 5.91 Å². The van der Waals surface area contributed by atoms with E-state index < -0.39 is 0 Å². The molecular formula is C17H19N5O. The van der Waals surface area contributed by atoms with Gasteiger partial charge in [-0.15, -0.1) is 0 Å². The predicted octanol–water partition coefficient (Wildman–Crippen LogP) is 2.61. The smallest absolute Gasteiger partial charge is 0.253 e. The maximum Gasteiger partial charge on any atom is 0.253 e. The largest absolute Gasteiger partial charge is 0.346 e. The van der Waals surface area contributed by atoms with Crippen LogP contribution in [0, 0.1) is 6.92 Å². The highest BCUT2D eigenvalue weighted by Gasteiger charge is 2.27. The van der Waals surface area contributed by atoms with Crippen molar-refractivity contribution in [3.8, 4) is 0 Å². The maximum atomic E-state index is 12.8. The van der Waals surface area contributed by atoms with Crippen molar-refractivity contribution < 1.29 is 4.79 Å². The lowest BCUT2D eigenvalue weighted by atomic mass is 9.96. The van der Waals surface area contributed by atoms with Crippen LogP contribution in [0.15, 0.2) is 30.7 Å². The van der Waals surface area contributed by atoms with E-state index in [1.807, 2.05) is 36.2 Å². The molecule has 6 heteroatoms. The zero-order valence-corrected chi connectivity index (χ0v) is 13.0. The van der Waals surface area contributed by atoms with Crippen LogP contribution in [0.1, 0.15) is 40.6 Å². The highest BCUT2D eigenvalue weighted by atomic mass is 16.2. The van der Waals surface area contributed by atoms with E-state index in [0.717, 1.165) is 41.9 Å². The zero-order valence-electron chi connectivity index (χ0n) is 13.0. The summed E-state index contributed by atoms with van der Waals surface area (Å²) < 4.78 is 0. The van der Waals surface area contributed by atoms with Crippen LogP contribution < -0.4 is 0 Å². The number of nitrogens with one attached hydrogen (secondary N) is 2. The van der Waals surface area contributed by atoms with Gasteiger partial charge in [-0.2, -0.15) is 0 Å². The number of aryl methyl sites for hydroxylation is 1. The molecule has 2 aromatic heterocycles. The maximum absolute atomic E-state index is 12.8. The van der Waals surface area contributed by atoms with E-state index in [2.05, 4.69) is 19.9 Å². The third kappa shape index (κ3) is 2.60. The molecule has 0 radical (unpaired) electrons. The van der Waals surface area contributed by atoms with E-state index in [1.165, 1.54) is 0 Å². The number of hydrogen-bond acceptors (Lipinski definition) is 3. The van der Waals surface area contributed by atoms with Gasteiger partial charge < -0.3 is 14.9 Å². The molecule has 6 nitrogen and oxygen atoms in total. The summed E-state index contributed by atoms with van der Waals surface area (Å²) >= 11 is 0. The van der Waals surface area contributed by atoms with E-state index in [4.69, 9.17) is 0 Å². The summed E-state index contributed by atoms with van der Waals surface area (Å²) in [6.45, 7) is 3.52. The monoisotopic (exact) mass is 309 g/mol. The van der Waals surface area contributed by atoms with Gasteiger partial charge in [-0.05, 0) is 38.0 Å². The summed E-state index contributed by atoms with van der Waals surface area (Å²) in [5.41, 5.74) is 3.54. The SMILES string of the molecule is Cc1cnc([C@@H]2CCCN(C(=O)c3ccc4nc[nH]c4c3)C2)[nH]1. The lowest BCUT2D eigenvalue weighted by Crippen LogP contribution is -2.39. The lowest BCUT2D eigenvalue weighted by molar-refractivity contribution is 0.0705. The van der Waals surface area contributed by atoms with Crippen molar-refractivity contribution in [1.29, 1.82) is 0 Å². The van der Waals surface area contributed by atoms with Gasteiger partial charge in [0.05, 0.1) is 17.4 Å². The zero-order chi connectivity index (χ0) is 15.8. The van der Waals surface area contributed by atoms with E-state index >= 15 is 0 Å². The molecule has 1 aliphatic rings. The molecule has 118 valence electrons. The topological polar surface area (TPSA) is 77.7 Å². The minimum Gasteiger partial charge on any atom is -0.346 e. The second kappa shape index (κ2) is 5.53. The third-order valence-corrected chi connectivity index (χ3v) is 4.49. The first kappa shape index (κ1) is 14.0. The summed E-state index contributed by atoms with van der Waals surface area (Å²) in [7, 11) is 0. The number of imidazole rings is 2. The van der Waals surface area contributed by atoms with Crippen LogP contribution in [0.5, 0.6) is 0 Å². The number of fused-ring (bicyclic) bond motifs is 1. The number of nitrogens with zero attached hydrogens (tertiary/aromatic N) is 3. The van der Waals surface area contributed by atoms with Crippen molar-refractivity contribution >= 4 is 16.9 Å². The van der Waals surface area contributed by atoms with Crippen molar-refractivity contribution in [3.05, 3.63) is 47.8 Å². The third-order valence-electron chi connectivity index (χ3n) is 4.49. The van der Waals surface area contributed by atoms with Gasteiger partial charge in [0.2, 0.25) is 0 Å². The Labute approximate surface area is 133 Å². The Morgan fingerprint density at radius 2 is 2.26 bits per heavy atom. The van der Waals surface area contributed by atoms with Crippen LogP contribution in [0.3, 0.4) is 0 Å². The average Bonchev–Trinajstić information content (AvgIpc) is 3.22. The average molecular weight is 309 g/mol. The number of H-pyrrole nitrogens is 2. The van der Waals surface area contributed by atoms with Crippen molar-refractivity contribution in [1.82, 2.24) is 24.8 Å². The Balaban J connectivity index is 1.55. The number of carbonyl (C=O) groups excluding carboxylic acids is 1. The minimum atomic E-state index is 0.0782. The summed E-state index contributed by atoms with van der Waals surface area (Å²) in [6.07, 6.45) is 5.57. The molecule has 1 saturated heterocycles. The molecule has 0 unspecified atom stereocenters. The van der Waals surface area contributed by atoms with Crippen LogP contribution in [0.2, 0.25) is 0 Å². The van der Waals surface area contributed by atoms with E-state index in [0.29, 0.717) is 12.1 Å². The minimum absolute atomic E-state index is 0.0782. The number of amides is 1. The summed E-state index contributed by atoms with van der Waals surface area (Å²) in [6, 6.07) is 5.62. The van der Waals surface area contributed by atoms with Crippen molar-refractivity contribution in [2.45, 2.75) is 25.7 Å². The number of aromatic amines is 2. The Morgan fingerprint density at radius 1 is 1.35 bits per heavy atom. The second-order valence-electron chi connectivity index (χ2n) is 6.18. The molecule has 1 atom stereocenters. The summed E-state index contributed by atoms with van der Waals surface area (Å²) in [5.74, 6) is 1.36. The number of likely N-dealkylation sites (tertiary alicyclic amines) is 1. The number of piperidine rings is 1. The molecule has 2 N–H and O–H groups in total. The van der Waals surface area contributed by atoms with Crippen molar-refractivity contribution in [2.75, 3.05) is 13.1 Å². The van der Waals surface area contributed by atoms with E-state index in [-0.39, 0.29) is 11.8 Å². The molecule has 1 amide bonds. The van der Waals surface area contributed by atoms with Gasteiger partial charge >= 0.3 is 0 Å². The lowest BCUT2D eigenvalue weighted by Gasteiger charge is -2.32. The Kier molecular flexibility index (Phi) is 3.37. The van der Waals surface area contributed by atoms with Gasteiger partial charge in [0.15, 0.2) is 0 Å². The van der Waals surface area contributed by atoms with Crippen molar-refractivity contribution in [2.24, 2.45) is 0 Å². The molecule has 3 aromatic rings. The first-order valence-corrected chi connectivity index (χ1v) is 7.94. The van der Waals surface area contributed by atoms with Crippen LogP contribution in [-0.4, -0.2) is 43.8 Å². The van der Waals surface area contributed by atoms with E-state index in [9.17, 15) is 4.79 Å². The second-order valence-corrected chi connectivity index (χ2v) is 6.18. The number of carbonyl (C=O) groups is 1. The normalized spacial score (nSPS) is 18.5. The molecule has 0 aliphatic carbocycles. The Morgan fingerprint density at radius 3 is 3.09 bits per heavy atom. The molecular weight excluding hydrogens is 290 g/mol. The molecule has 0 spiro atoms. The standard InChI is InChI=1S/C17H19N5O/c1-11-8-18-16(21-11)13-3-2-6-22(9-13)17(23)12-4-5-14-15(7-12)20-10-19-14/h4-5,7-8,10,13H,2-3,6,9H2,1H3,(H,18,21)(H,19,20)/t13-/m1/s1. The van der Waals surface area contributed by atoms with Crippen molar-refractivity contribution in [3.63, 3.8) is 0 Å². The number of aromatic nitrogens is 4. The highest BCUT2D eigenvalue weighted by molar-refractivity contribution is 5.97.